The lowest BCUT2D eigenvalue weighted by molar-refractivity contribution is -0.137. The first-order valence-corrected chi connectivity index (χ1v) is 8.39. The van der Waals surface area contributed by atoms with E-state index in [9.17, 15) is 9.90 Å². The van der Waals surface area contributed by atoms with Crippen LogP contribution in [-0.4, -0.2) is 16.1 Å². The summed E-state index contributed by atoms with van der Waals surface area (Å²) in [5.74, 6) is -0.926. The SMILES string of the molecule is CCc1cccc2c([C@H](CC(=O)O)c3ccc(C)cc3C)c[nH]c12. The van der Waals surface area contributed by atoms with Gasteiger partial charge in [0, 0.05) is 23.0 Å². The molecule has 0 radical (unpaired) electrons. The van der Waals surface area contributed by atoms with E-state index in [1.807, 2.05) is 6.20 Å². The van der Waals surface area contributed by atoms with Crippen molar-refractivity contribution >= 4 is 16.9 Å². The molecular formula is C21H23NO2. The number of aromatic nitrogens is 1. The van der Waals surface area contributed by atoms with Crippen LogP contribution in [0, 0.1) is 13.8 Å². The Bertz CT molecular complexity index is 892. The van der Waals surface area contributed by atoms with Gasteiger partial charge in [-0.15, -0.1) is 0 Å². The van der Waals surface area contributed by atoms with Gasteiger partial charge in [0.1, 0.15) is 0 Å². The van der Waals surface area contributed by atoms with Crippen molar-refractivity contribution in [2.24, 2.45) is 0 Å². The van der Waals surface area contributed by atoms with Crippen molar-refractivity contribution in [3.8, 4) is 0 Å². The molecule has 3 heteroatoms. The van der Waals surface area contributed by atoms with Gasteiger partial charge < -0.3 is 10.1 Å². The average Bonchev–Trinajstić information content (AvgIpc) is 2.96. The zero-order chi connectivity index (χ0) is 17.3. The van der Waals surface area contributed by atoms with Crippen molar-refractivity contribution in [3.05, 3.63) is 70.4 Å². The lowest BCUT2D eigenvalue weighted by Crippen LogP contribution is -2.09. The summed E-state index contributed by atoms with van der Waals surface area (Å²) >= 11 is 0. The van der Waals surface area contributed by atoms with Gasteiger partial charge in [0.2, 0.25) is 0 Å². The summed E-state index contributed by atoms with van der Waals surface area (Å²) in [6, 6.07) is 12.5. The number of carbonyl (C=O) groups is 1. The molecule has 0 aliphatic rings. The van der Waals surface area contributed by atoms with E-state index >= 15 is 0 Å². The summed E-state index contributed by atoms with van der Waals surface area (Å²) in [5, 5.41) is 10.6. The van der Waals surface area contributed by atoms with E-state index in [0.717, 1.165) is 34.0 Å². The van der Waals surface area contributed by atoms with Gasteiger partial charge in [-0.3, -0.25) is 4.79 Å². The smallest absolute Gasteiger partial charge is 0.304 e. The van der Waals surface area contributed by atoms with Gasteiger partial charge in [-0.2, -0.15) is 0 Å². The molecule has 0 amide bonds. The molecule has 0 bridgehead atoms. The van der Waals surface area contributed by atoms with E-state index in [2.05, 4.69) is 62.2 Å². The fourth-order valence-corrected chi connectivity index (χ4v) is 3.60. The number of rotatable bonds is 5. The third-order valence-corrected chi connectivity index (χ3v) is 4.77. The number of aromatic amines is 1. The number of hydrogen-bond acceptors (Lipinski definition) is 1. The molecule has 3 aromatic rings. The number of H-pyrrole nitrogens is 1. The lowest BCUT2D eigenvalue weighted by Gasteiger charge is -2.18. The van der Waals surface area contributed by atoms with E-state index in [-0.39, 0.29) is 12.3 Å². The Kier molecular flexibility index (Phi) is 4.43. The third kappa shape index (κ3) is 2.94. The maximum atomic E-state index is 11.5. The van der Waals surface area contributed by atoms with Crippen LogP contribution in [0.25, 0.3) is 10.9 Å². The van der Waals surface area contributed by atoms with Crippen molar-refractivity contribution in [3.63, 3.8) is 0 Å². The molecule has 1 heterocycles. The minimum atomic E-state index is -0.777. The molecule has 1 aromatic heterocycles. The predicted molar refractivity (Wildman–Crippen MR) is 97.7 cm³/mol. The fourth-order valence-electron chi connectivity index (χ4n) is 3.60. The number of fused-ring (bicyclic) bond motifs is 1. The Hall–Kier alpha value is -2.55. The van der Waals surface area contributed by atoms with Gasteiger partial charge in [-0.1, -0.05) is 48.9 Å². The Morgan fingerprint density at radius 1 is 1.17 bits per heavy atom. The van der Waals surface area contributed by atoms with Gasteiger partial charge >= 0.3 is 5.97 Å². The molecule has 0 unspecified atom stereocenters. The van der Waals surface area contributed by atoms with Crippen molar-refractivity contribution in [1.29, 1.82) is 0 Å². The van der Waals surface area contributed by atoms with Crippen LogP contribution < -0.4 is 0 Å². The quantitative estimate of drug-likeness (QED) is 0.698. The number of aliphatic carboxylic acids is 1. The summed E-state index contributed by atoms with van der Waals surface area (Å²) in [7, 11) is 0. The first kappa shape index (κ1) is 16.3. The van der Waals surface area contributed by atoms with Crippen LogP contribution in [0.3, 0.4) is 0 Å². The number of aryl methyl sites for hydroxylation is 3. The second kappa shape index (κ2) is 6.52. The number of benzene rings is 2. The van der Waals surface area contributed by atoms with Gasteiger partial charge in [0.25, 0.3) is 0 Å². The Labute approximate surface area is 142 Å². The van der Waals surface area contributed by atoms with E-state index in [1.54, 1.807) is 0 Å². The van der Waals surface area contributed by atoms with Crippen LogP contribution in [0.5, 0.6) is 0 Å². The van der Waals surface area contributed by atoms with Crippen LogP contribution in [0.1, 0.15) is 47.1 Å². The zero-order valence-electron chi connectivity index (χ0n) is 14.4. The lowest BCUT2D eigenvalue weighted by atomic mass is 9.85. The molecule has 1 atom stereocenters. The molecule has 0 aliphatic carbocycles. The highest BCUT2D eigenvalue weighted by Gasteiger charge is 2.23. The van der Waals surface area contributed by atoms with Gasteiger partial charge in [0.05, 0.1) is 6.42 Å². The Morgan fingerprint density at radius 2 is 1.96 bits per heavy atom. The molecule has 3 nitrogen and oxygen atoms in total. The second-order valence-corrected chi connectivity index (χ2v) is 6.45. The van der Waals surface area contributed by atoms with Crippen LogP contribution in [0.4, 0.5) is 0 Å². The number of carboxylic acid groups (broad SMARTS) is 1. The van der Waals surface area contributed by atoms with Crippen molar-refractivity contribution in [2.75, 3.05) is 0 Å². The molecule has 2 N–H and O–H groups in total. The molecule has 0 spiro atoms. The summed E-state index contributed by atoms with van der Waals surface area (Å²) < 4.78 is 0. The third-order valence-electron chi connectivity index (χ3n) is 4.77. The first-order chi connectivity index (χ1) is 11.5. The van der Waals surface area contributed by atoms with Gasteiger partial charge in [-0.25, -0.2) is 0 Å². The number of carboxylic acids is 1. The first-order valence-electron chi connectivity index (χ1n) is 8.39. The highest BCUT2D eigenvalue weighted by molar-refractivity contribution is 5.87. The Morgan fingerprint density at radius 3 is 2.62 bits per heavy atom. The van der Waals surface area contributed by atoms with Crippen LogP contribution in [0.2, 0.25) is 0 Å². The topological polar surface area (TPSA) is 53.1 Å². The van der Waals surface area contributed by atoms with Crippen LogP contribution in [0.15, 0.2) is 42.6 Å². The summed E-state index contributed by atoms with van der Waals surface area (Å²) in [6.07, 6.45) is 3.02. The molecule has 0 aliphatic heterocycles. The molecule has 0 fully saturated rings. The fraction of sp³-hybridized carbons (Fsp3) is 0.286. The van der Waals surface area contributed by atoms with Crippen LogP contribution in [-0.2, 0) is 11.2 Å². The average molecular weight is 321 g/mol. The van der Waals surface area contributed by atoms with Crippen molar-refractivity contribution in [1.82, 2.24) is 4.98 Å². The molecule has 124 valence electrons. The van der Waals surface area contributed by atoms with Crippen molar-refractivity contribution in [2.45, 2.75) is 39.5 Å². The van der Waals surface area contributed by atoms with Crippen molar-refractivity contribution < 1.29 is 9.90 Å². The van der Waals surface area contributed by atoms with Gasteiger partial charge in [-0.05, 0) is 42.5 Å². The molecule has 2 aromatic carbocycles. The maximum Gasteiger partial charge on any atom is 0.304 e. The summed E-state index contributed by atoms with van der Waals surface area (Å²) in [5.41, 5.74) is 6.86. The molecule has 0 saturated carbocycles. The molecular weight excluding hydrogens is 298 g/mol. The van der Waals surface area contributed by atoms with Gasteiger partial charge in [0.15, 0.2) is 0 Å². The minimum Gasteiger partial charge on any atom is -0.481 e. The highest BCUT2D eigenvalue weighted by atomic mass is 16.4. The summed E-state index contributed by atoms with van der Waals surface area (Å²) in [4.78, 5) is 14.9. The van der Waals surface area contributed by atoms with E-state index in [1.165, 1.54) is 11.1 Å². The van der Waals surface area contributed by atoms with Crippen LogP contribution >= 0.6 is 0 Å². The number of hydrogen-bond donors (Lipinski definition) is 2. The summed E-state index contributed by atoms with van der Waals surface area (Å²) in [6.45, 7) is 6.25. The molecule has 24 heavy (non-hydrogen) atoms. The van der Waals surface area contributed by atoms with E-state index in [0.29, 0.717) is 0 Å². The molecule has 3 rings (SSSR count). The zero-order valence-corrected chi connectivity index (χ0v) is 14.4. The van der Waals surface area contributed by atoms with E-state index < -0.39 is 5.97 Å². The van der Waals surface area contributed by atoms with E-state index in [4.69, 9.17) is 0 Å². The largest absolute Gasteiger partial charge is 0.481 e. The molecule has 0 saturated heterocycles. The maximum absolute atomic E-state index is 11.5. The number of nitrogens with one attached hydrogen (secondary N) is 1. The monoisotopic (exact) mass is 321 g/mol. The second-order valence-electron chi connectivity index (χ2n) is 6.45. The highest BCUT2D eigenvalue weighted by Crippen LogP contribution is 2.36. The predicted octanol–water partition coefficient (Wildman–Crippen LogP) is 4.95. The Balaban J connectivity index is 2.18. The standard InChI is InChI=1S/C21H23NO2/c1-4-15-6-5-7-17-19(12-22-21(15)17)18(11-20(23)24)16-9-8-13(2)10-14(16)3/h5-10,12,18,22H,4,11H2,1-3H3,(H,23,24)/t18-/m1/s1. The minimum absolute atomic E-state index is 0.0905. The normalized spacial score (nSPS) is 12.5. The number of para-hydroxylation sites is 1.